The summed E-state index contributed by atoms with van der Waals surface area (Å²) in [4.78, 5) is 18.4. The molecule has 1 aliphatic heterocycles. The van der Waals surface area contributed by atoms with E-state index in [4.69, 9.17) is 15.2 Å². The Morgan fingerprint density at radius 3 is 2.58 bits per heavy atom. The zero-order valence-corrected chi connectivity index (χ0v) is 21.3. The van der Waals surface area contributed by atoms with Crippen molar-refractivity contribution in [2.24, 2.45) is 16.6 Å². The van der Waals surface area contributed by atoms with Crippen LogP contribution in [-0.2, 0) is 4.79 Å². The highest BCUT2D eigenvalue weighted by Gasteiger charge is 2.22. The predicted molar refractivity (Wildman–Crippen MR) is 137 cm³/mol. The smallest absolute Gasteiger partial charge is 0.220 e. The number of ether oxygens (including phenoxy) is 2. The summed E-state index contributed by atoms with van der Waals surface area (Å²) in [7, 11) is 1.64. The molecule has 1 aliphatic rings. The molecule has 0 aromatic heterocycles. The lowest BCUT2D eigenvalue weighted by atomic mass is 9.96. The zero-order chi connectivity index (χ0) is 21.8. The van der Waals surface area contributed by atoms with Crippen molar-refractivity contribution in [1.82, 2.24) is 10.2 Å². The summed E-state index contributed by atoms with van der Waals surface area (Å²) < 4.78 is 11.0. The van der Waals surface area contributed by atoms with E-state index in [1.807, 2.05) is 32.0 Å². The Morgan fingerprint density at radius 1 is 1.23 bits per heavy atom. The van der Waals surface area contributed by atoms with Crippen LogP contribution in [0, 0.1) is 5.92 Å². The van der Waals surface area contributed by atoms with Gasteiger partial charge in [-0.2, -0.15) is 0 Å². The van der Waals surface area contributed by atoms with Crippen molar-refractivity contribution in [3.8, 4) is 11.5 Å². The number of hydrogen-bond donors (Lipinski definition) is 3. The van der Waals surface area contributed by atoms with Gasteiger partial charge < -0.3 is 30.7 Å². The average molecular weight is 547 g/mol. The molecule has 0 saturated carbocycles. The lowest BCUT2D eigenvalue weighted by Gasteiger charge is -2.30. The number of amides is 1. The number of carbonyl (C=O) groups is 1. The monoisotopic (exact) mass is 547 g/mol. The molecule has 176 valence electrons. The SMILES string of the molecule is CCNC(=NCCCCN1CCC(C(N)=O)CC1)Nc1ccc(OC)c(OCC)c1.I. The number of unbranched alkanes of at least 4 members (excludes halogenated alkanes) is 1. The van der Waals surface area contributed by atoms with Crippen molar-refractivity contribution >= 4 is 41.5 Å². The minimum absolute atomic E-state index is 0. The van der Waals surface area contributed by atoms with Gasteiger partial charge in [0.25, 0.3) is 0 Å². The molecular weight excluding hydrogens is 509 g/mol. The molecule has 1 amide bonds. The minimum Gasteiger partial charge on any atom is -0.493 e. The van der Waals surface area contributed by atoms with Gasteiger partial charge in [0.15, 0.2) is 17.5 Å². The molecule has 8 nitrogen and oxygen atoms in total. The summed E-state index contributed by atoms with van der Waals surface area (Å²) in [6.07, 6.45) is 3.86. The normalized spacial score (nSPS) is 15.1. The number of halogens is 1. The van der Waals surface area contributed by atoms with Gasteiger partial charge >= 0.3 is 0 Å². The van der Waals surface area contributed by atoms with Crippen LogP contribution in [0.3, 0.4) is 0 Å². The van der Waals surface area contributed by atoms with Crippen LogP contribution >= 0.6 is 24.0 Å². The minimum atomic E-state index is -0.155. The van der Waals surface area contributed by atoms with Crippen LogP contribution in [-0.4, -0.2) is 63.2 Å². The fourth-order valence-electron chi connectivity index (χ4n) is 3.55. The molecule has 1 aromatic carbocycles. The van der Waals surface area contributed by atoms with Crippen molar-refractivity contribution in [1.29, 1.82) is 0 Å². The predicted octanol–water partition coefficient (Wildman–Crippen LogP) is 3.07. The Labute approximate surface area is 203 Å². The number of nitrogens with zero attached hydrogens (tertiary/aromatic N) is 2. The van der Waals surface area contributed by atoms with Gasteiger partial charge in [-0.05, 0) is 71.3 Å². The Hall–Kier alpha value is -1.75. The number of methoxy groups -OCH3 is 1. The highest BCUT2D eigenvalue weighted by Crippen LogP contribution is 2.30. The van der Waals surface area contributed by atoms with Crippen LogP contribution in [0.4, 0.5) is 5.69 Å². The second-order valence-electron chi connectivity index (χ2n) is 7.41. The van der Waals surface area contributed by atoms with Crippen LogP contribution in [0.1, 0.15) is 39.5 Å². The first-order valence-corrected chi connectivity index (χ1v) is 10.9. The maximum atomic E-state index is 11.3. The number of benzene rings is 1. The van der Waals surface area contributed by atoms with E-state index >= 15 is 0 Å². The van der Waals surface area contributed by atoms with Crippen molar-refractivity contribution in [2.45, 2.75) is 39.5 Å². The van der Waals surface area contributed by atoms with E-state index in [1.54, 1.807) is 7.11 Å². The van der Waals surface area contributed by atoms with E-state index < -0.39 is 0 Å². The zero-order valence-electron chi connectivity index (χ0n) is 19.0. The molecule has 9 heteroatoms. The Balaban J connectivity index is 0.00000480. The summed E-state index contributed by atoms with van der Waals surface area (Å²) in [5.74, 6) is 2.08. The molecule has 0 atom stereocenters. The van der Waals surface area contributed by atoms with Gasteiger partial charge in [-0.3, -0.25) is 9.79 Å². The molecule has 31 heavy (non-hydrogen) atoms. The average Bonchev–Trinajstić information content (AvgIpc) is 2.74. The highest BCUT2D eigenvalue weighted by atomic mass is 127. The molecule has 1 heterocycles. The lowest BCUT2D eigenvalue weighted by molar-refractivity contribution is -0.123. The maximum Gasteiger partial charge on any atom is 0.220 e. The molecule has 1 fully saturated rings. The second kappa shape index (κ2) is 15.1. The van der Waals surface area contributed by atoms with Crippen molar-refractivity contribution in [3.05, 3.63) is 18.2 Å². The molecular formula is C22H38IN5O3. The van der Waals surface area contributed by atoms with Gasteiger partial charge in [0, 0.05) is 30.8 Å². The molecule has 1 aromatic rings. The Morgan fingerprint density at radius 2 is 1.97 bits per heavy atom. The Bertz CT molecular complexity index is 694. The number of carbonyl (C=O) groups excluding carboxylic acids is 1. The van der Waals surface area contributed by atoms with E-state index in [-0.39, 0.29) is 35.8 Å². The number of hydrogen-bond acceptors (Lipinski definition) is 5. The van der Waals surface area contributed by atoms with Crippen LogP contribution in [0.2, 0.25) is 0 Å². The van der Waals surface area contributed by atoms with E-state index in [9.17, 15) is 4.79 Å². The number of anilines is 1. The van der Waals surface area contributed by atoms with Crippen LogP contribution in [0.15, 0.2) is 23.2 Å². The topological polar surface area (TPSA) is 101 Å². The molecule has 0 unspecified atom stereocenters. The van der Waals surface area contributed by atoms with Gasteiger partial charge in [0.2, 0.25) is 5.91 Å². The molecule has 0 bridgehead atoms. The quantitative estimate of drug-likeness (QED) is 0.171. The number of piperidine rings is 1. The van der Waals surface area contributed by atoms with E-state index in [0.717, 1.165) is 70.1 Å². The summed E-state index contributed by atoms with van der Waals surface area (Å²) in [6, 6.07) is 5.76. The van der Waals surface area contributed by atoms with Gasteiger partial charge in [-0.25, -0.2) is 0 Å². The molecule has 1 saturated heterocycles. The van der Waals surface area contributed by atoms with Crippen molar-refractivity contribution < 1.29 is 14.3 Å². The fraction of sp³-hybridized carbons (Fsp3) is 0.636. The van der Waals surface area contributed by atoms with Crippen LogP contribution in [0.5, 0.6) is 11.5 Å². The maximum absolute atomic E-state index is 11.3. The van der Waals surface area contributed by atoms with E-state index in [2.05, 4.69) is 20.5 Å². The first-order chi connectivity index (χ1) is 14.6. The third-order valence-corrected chi connectivity index (χ3v) is 5.21. The summed E-state index contributed by atoms with van der Waals surface area (Å²) in [6.45, 7) is 9.07. The van der Waals surface area contributed by atoms with Crippen LogP contribution in [0.25, 0.3) is 0 Å². The van der Waals surface area contributed by atoms with Gasteiger partial charge in [-0.15, -0.1) is 24.0 Å². The van der Waals surface area contributed by atoms with E-state index in [1.165, 1.54) is 0 Å². The summed E-state index contributed by atoms with van der Waals surface area (Å²) >= 11 is 0. The third kappa shape index (κ3) is 9.51. The number of rotatable bonds is 11. The molecule has 4 N–H and O–H groups in total. The third-order valence-electron chi connectivity index (χ3n) is 5.21. The van der Waals surface area contributed by atoms with Crippen molar-refractivity contribution in [2.75, 3.05) is 51.8 Å². The standard InChI is InChI=1S/C22H37N5O3.HI/c1-4-24-22(26-18-8-9-19(29-3)20(16-18)30-5-2)25-12-6-7-13-27-14-10-17(11-15-27)21(23)28;/h8-9,16-17H,4-7,10-15H2,1-3H3,(H2,23,28)(H2,24,25,26);1H. The largest absolute Gasteiger partial charge is 0.493 e. The number of likely N-dealkylation sites (tertiary alicyclic amines) is 1. The summed E-state index contributed by atoms with van der Waals surface area (Å²) in [5, 5.41) is 6.61. The number of nitrogens with two attached hydrogens (primary N) is 1. The number of primary amides is 1. The van der Waals surface area contributed by atoms with E-state index in [0.29, 0.717) is 18.1 Å². The summed E-state index contributed by atoms with van der Waals surface area (Å²) in [5.41, 5.74) is 6.30. The first kappa shape index (κ1) is 27.3. The van der Waals surface area contributed by atoms with Gasteiger partial charge in [-0.1, -0.05) is 0 Å². The fourth-order valence-corrected chi connectivity index (χ4v) is 3.55. The lowest BCUT2D eigenvalue weighted by Crippen LogP contribution is -2.38. The van der Waals surface area contributed by atoms with Gasteiger partial charge in [0.05, 0.1) is 13.7 Å². The molecule has 0 spiro atoms. The second-order valence-corrected chi connectivity index (χ2v) is 7.41. The number of guanidine groups is 1. The number of nitrogens with one attached hydrogen (secondary N) is 2. The first-order valence-electron chi connectivity index (χ1n) is 10.9. The van der Waals surface area contributed by atoms with Crippen molar-refractivity contribution in [3.63, 3.8) is 0 Å². The molecule has 0 radical (unpaired) electrons. The number of aliphatic imine (C=N–C) groups is 1. The molecule has 2 rings (SSSR count). The molecule has 0 aliphatic carbocycles. The van der Waals surface area contributed by atoms with Crippen LogP contribution < -0.4 is 25.8 Å². The van der Waals surface area contributed by atoms with Gasteiger partial charge in [0.1, 0.15) is 0 Å². The highest BCUT2D eigenvalue weighted by molar-refractivity contribution is 14.0. The Kier molecular flexibility index (Phi) is 13.3.